The summed E-state index contributed by atoms with van der Waals surface area (Å²) in [5.41, 5.74) is 3.48. The third kappa shape index (κ3) is 6.29. The van der Waals surface area contributed by atoms with E-state index in [0.29, 0.717) is 31.8 Å². The van der Waals surface area contributed by atoms with E-state index in [1.807, 2.05) is 47.4 Å². The molecule has 0 spiro atoms. The quantitative estimate of drug-likeness (QED) is 0.478. The number of anilines is 1. The first-order valence-electron chi connectivity index (χ1n) is 12.8. The number of rotatable bonds is 9. The van der Waals surface area contributed by atoms with Crippen molar-refractivity contribution in [1.29, 1.82) is 0 Å². The number of aromatic nitrogens is 1. The Hall–Kier alpha value is -3.85. The van der Waals surface area contributed by atoms with Gasteiger partial charge in [0.15, 0.2) is 0 Å². The van der Waals surface area contributed by atoms with Gasteiger partial charge in [-0.1, -0.05) is 23.4 Å². The van der Waals surface area contributed by atoms with Crippen LogP contribution >= 0.6 is 0 Å². The van der Waals surface area contributed by atoms with Gasteiger partial charge in [0.2, 0.25) is 0 Å². The summed E-state index contributed by atoms with van der Waals surface area (Å²) in [6, 6.07) is 17.3. The summed E-state index contributed by atoms with van der Waals surface area (Å²) in [6.45, 7) is 4.73. The number of nitrogens with zero attached hydrogens (tertiary/aromatic N) is 4. The average molecular weight is 504 g/mol. The van der Waals surface area contributed by atoms with Crippen LogP contribution in [0.15, 0.2) is 65.4 Å². The maximum atomic E-state index is 13.2. The molecule has 0 bridgehead atoms. The highest BCUT2D eigenvalue weighted by Gasteiger charge is 2.26. The standard InChI is InChI=1S/C28H33N5O4/c1-31(19-24-11-15-37-30-24)17-21-7-9-26(10-8-21)36-20-22-4-3-13-32(18-22)27(34)23-5-2-6-25(16-23)33-14-12-29-28(33)35/h2,5-11,15-16,22H,3-4,12-14,17-20H2,1H3,(H,29,35). The summed E-state index contributed by atoms with van der Waals surface area (Å²) in [4.78, 5) is 31.0. The van der Waals surface area contributed by atoms with Crippen molar-refractivity contribution in [3.05, 3.63) is 77.7 Å². The zero-order valence-electron chi connectivity index (χ0n) is 21.1. The van der Waals surface area contributed by atoms with Gasteiger partial charge in [-0.05, 0) is 55.8 Å². The van der Waals surface area contributed by atoms with Crippen LogP contribution < -0.4 is 15.0 Å². The van der Waals surface area contributed by atoms with E-state index in [1.54, 1.807) is 11.2 Å². The fraction of sp³-hybridized carbons (Fsp3) is 0.393. The van der Waals surface area contributed by atoms with Crippen molar-refractivity contribution < 1.29 is 18.8 Å². The van der Waals surface area contributed by atoms with Crippen molar-refractivity contribution in [2.24, 2.45) is 5.92 Å². The Balaban J connectivity index is 1.12. The number of carbonyl (C=O) groups is 2. The van der Waals surface area contributed by atoms with Crippen molar-refractivity contribution in [2.75, 3.05) is 44.7 Å². The first-order chi connectivity index (χ1) is 18.0. The lowest BCUT2D eigenvalue weighted by Gasteiger charge is -2.33. The maximum Gasteiger partial charge on any atom is 0.321 e. The van der Waals surface area contributed by atoms with E-state index in [2.05, 4.69) is 34.6 Å². The predicted molar refractivity (Wildman–Crippen MR) is 139 cm³/mol. The number of hydrogen-bond donors (Lipinski definition) is 1. The lowest BCUT2D eigenvalue weighted by atomic mass is 9.98. The smallest absolute Gasteiger partial charge is 0.321 e. The highest BCUT2D eigenvalue weighted by atomic mass is 16.5. The molecule has 0 aliphatic carbocycles. The molecule has 3 amide bonds. The molecule has 0 radical (unpaired) electrons. The number of piperidine rings is 1. The monoisotopic (exact) mass is 503 g/mol. The number of amides is 3. The van der Waals surface area contributed by atoms with Gasteiger partial charge in [0, 0.05) is 62.5 Å². The second kappa shape index (κ2) is 11.5. The van der Waals surface area contributed by atoms with Crippen LogP contribution in [0.5, 0.6) is 5.75 Å². The minimum Gasteiger partial charge on any atom is -0.493 e. The van der Waals surface area contributed by atoms with Gasteiger partial charge < -0.3 is 19.5 Å². The highest BCUT2D eigenvalue weighted by molar-refractivity contribution is 5.98. The van der Waals surface area contributed by atoms with E-state index in [-0.39, 0.29) is 17.9 Å². The molecule has 5 rings (SSSR count). The lowest BCUT2D eigenvalue weighted by Crippen LogP contribution is -2.41. The van der Waals surface area contributed by atoms with Crippen LogP contribution in [0, 0.1) is 5.92 Å². The van der Waals surface area contributed by atoms with E-state index in [1.165, 1.54) is 5.56 Å². The van der Waals surface area contributed by atoms with Crippen LogP contribution in [0.2, 0.25) is 0 Å². The van der Waals surface area contributed by atoms with E-state index < -0.39 is 0 Å². The molecule has 1 aromatic heterocycles. The van der Waals surface area contributed by atoms with Crippen LogP contribution in [-0.4, -0.2) is 66.7 Å². The Morgan fingerprint density at radius 2 is 2.03 bits per heavy atom. The molecule has 9 heteroatoms. The summed E-state index contributed by atoms with van der Waals surface area (Å²) in [6.07, 6.45) is 3.57. The fourth-order valence-corrected chi connectivity index (χ4v) is 4.96. The van der Waals surface area contributed by atoms with Gasteiger partial charge in [0.1, 0.15) is 12.0 Å². The van der Waals surface area contributed by atoms with Gasteiger partial charge in [0.05, 0.1) is 12.3 Å². The van der Waals surface area contributed by atoms with Crippen LogP contribution in [0.4, 0.5) is 10.5 Å². The maximum absolute atomic E-state index is 13.2. The van der Waals surface area contributed by atoms with Crippen LogP contribution in [0.25, 0.3) is 0 Å². The normalized spacial score (nSPS) is 17.8. The first-order valence-corrected chi connectivity index (χ1v) is 12.8. The molecule has 1 N–H and O–H groups in total. The van der Waals surface area contributed by atoms with Crippen molar-refractivity contribution in [3.8, 4) is 5.75 Å². The summed E-state index contributed by atoms with van der Waals surface area (Å²) in [5.74, 6) is 1.12. The Bertz CT molecular complexity index is 1200. The SMILES string of the molecule is CN(Cc1ccc(OCC2CCCN(C(=O)c3cccc(N4CCNC4=O)c3)C2)cc1)Cc1ccon1. The lowest BCUT2D eigenvalue weighted by molar-refractivity contribution is 0.0633. The number of nitrogens with one attached hydrogen (secondary N) is 1. The average Bonchev–Trinajstić information content (AvgIpc) is 3.59. The summed E-state index contributed by atoms with van der Waals surface area (Å²) in [7, 11) is 2.05. The predicted octanol–water partition coefficient (Wildman–Crippen LogP) is 3.77. The molecule has 2 aliphatic heterocycles. The van der Waals surface area contributed by atoms with Crippen molar-refractivity contribution in [3.63, 3.8) is 0 Å². The Morgan fingerprint density at radius 1 is 1.16 bits per heavy atom. The third-order valence-electron chi connectivity index (χ3n) is 6.85. The molecule has 194 valence electrons. The minimum atomic E-state index is -0.119. The zero-order valence-corrected chi connectivity index (χ0v) is 21.1. The largest absolute Gasteiger partial charge is 0.493 e. The zero-order chi connectivity index (χ0) is 25.6. The number of hydrogen-bond acceptors (Lipinski definition) is 6. The van der Waals surface area contributed by atoms with Crippen molar-refractivity contribution in [1.82, 2.24) is 20.3 Å². The number of likely N-dealkylation sites (tertiary alicyclic amines) is 1. The van der Waals surface area contributed by atoms with Crippen molar-refractivity contribution in [2.45, 2.75) is 25.9 Å². The molecule has 2 aromatic carbocycles. The Labute approximate surface area is 217 Å². The van der Waals surface area contributed by atoms with Gasteiger partial charge in [-0.25, -0.2) is 4.79 Å². The second-order valence-electron chi connectivity index (χ2n) is 9.81. The molecule has 2 saturated heterocycles. The van der Waals surface area contributed by atoms with Crippen molar-refractivity contribution >= 4 is 17.6 Å². The molecule has 2 aliphatic rings. The molecule has 3 aromatic rings. The number of carbonyl (C=O) groups excluding carboxylic acids is 2. The number of benzene rings is 2. The van der Waals surface area contributed by atoms with E-state index in [0.717, 1.165) is 49.6 Å². The summed E-state index contributed by atoms with van der Waals surface area (Å²) < 4.78 is 11.0. The van der Waals surface area contributed by atoms with Crippen LogP contribution in [0.3, 0.4) is 0 Å². The topological polar surface area (TPSA) is 91.2 Å². The molecule has 2 fully saturated rings. The minimum absolute atomic E-state index is 0.00486. The molecule has 37 heavy (non-hydrogen) atoms. The summed E-state index contributed by atoms with van der Waals surface area (Å²) in [5, 5.41) is 6.76. The highest BCUT2D eigenvalue weighted by Crippen LogP contribution is 2.23. The summed E-state index contributed by atoms with van der Waals surface area (Å²) >= 11 is 0. The van der Waals surface area contributed by atoms with E-state index in [9.17, 15) is 9.59 Å². The second-order valence-corrected chi connectivity index (χ2v) is 9.81. The fourth-order valence-electron chi connectivity index (χ4n) is 4.96. The molecular formula is C28H33N5O4. The third-order valence-corrected chi connectivity index (χ3v) is 6.85. The van der Waals surface area contributed by atoms with E-state index >= 15 is 0 Å². The Morgan fingerprint density at radius 3 is 2.78 bits per heavy atom. The van der Waals surface area contributed by atoms with Crippen LogP contribution in [0.1, 0.15) is 34.5 Å². The molecule has 1 unspecified atom stereocenters. The molecule has 0 saturated carbocycles. The van der Waals surface area contributed by atoms with Gasteiger partial charge >= 0.3 is 6.03 Å². The first kappa shape index (κ1) is 24.8. The van der Waals surface area contributed by atoms with Gasteiger partial charge in [-0.15, -0.1) is 0 Å². The van der Waals surface area contributed by atoms with E-state index in [4.69, 9.17) is 9.26 Å². The number of ether oxygens (including phenoxy) is 1. The molecule has 3 heterocycles. The Kier molecular flexibility index (Phi) is 7.70. The molecule has 1 atom stereocenters. The molecular weight excluding hydrogens is 470 g/mol. The molecule has 9 nitrogen and oxygen atoms in total. The van der Waals surface area contributed by atoms with Gasteiger partial charge in [-0.3, -0.25) is 14.6 Å². The van der Waals surface area contributed by atoms with Gasteiger partial charge in [-0.2, -0.15) is 0 Å². The number of urea groups is 1. The van der Waals surface area contributed by atoms with Gasteiger partial charge in [0.25, 0.3) is 5.91 Å². The van der Waals surface area contributed by atoms with Crippen LogP contribution in [-0.2, 0) is 13.1 Å².